The number of ketones is 2. The smallest absolute Gasteiger partial charge is 0.171 e. The van der Waals surface area contributed by atoms with Crippen molar-refractivity contribution in [2.45, 2.75) is 57.8 Å². The molecule has 0 saturated heterocycles. The second-order valence-electron chi connectivity index (χ2n) is 8.08. The molecule has 0 aliphatic heterocycles. The average Bonchev–Trinajstić information content (AvgIpc) is 3.13. The van der Waals surface area contributed by atoms with Crippen molar-refractivity contribution in [3.63, 3.8) is 0 Å². The van der Waals surface area contributed by atoms with Crippen molar-refractivity contribution < 1.29 is 9.59 Å². The van der Waals surface area contributed by atoms with Crippen molar-refractivity contribution >= 4 is 11.6 Å². The molecule has 0 spiro atoms. The molecule has 4 aliphatic rings. The number of rotatable bonds is 0. The largest absolute Gasteiger partial charge is 0.294 e. The number of carbonyl (C=O) groups is 2. The molecule has 0 bridgehead atoms. The van der Waals surface area contributed by atoms with Gasteiger partial charge in [0.15, 0.2) is 11.6 Å². The van der Waals surface area contributed by atoms with Gasteiger partial charge in [0.05, 0.1) is 5.92 Å². The molecule has 0 heterocycles. The fourth-order valence-electron chi connectivity index (χ4n) is 5.65. The van der Waals surface area contributed by atoms with E-state index in [1.54, 1.807) is 0 Å². The minimum absolute atomic E-state index is 0.149. The lowest BCUT2D eigenvalue weighted by Crippen LogP contribution is -2.40. The zero-order valence-corrected chi connectivity index (χ0v) is 14.6. The van der Waals surface area contributed by atoms with Crippen LogP contribution in [0.5, 0.6) is 0 Å². The number of fused-ring (bicyclic) bond motifs is 2. The van der Waals surface area contributed by atoms with Gasteiger partial charge in [-0.2, -0.15) is 0 Å². The molecule has 1 saturated carbocycles. The van der Waals surface area contributed by atoms with Crippen molar-refractivity contribution in [1.82, 2.24) is 0 Å². The van der Waals surface area contributed by atoms with Gasteiger partial charge in [0.2, 0.25) is 0 Å². The summed E-state index contributed by atoms with van der Waals surface area (Å²) >= 11 is 0. The molecule has 0 N–H and O–H groups in total. The van der Waals surface area contributed by atoms with Gasteiger partial charge in [-0.3, -0.25) is 9.59 Å². The third-order valence-corrected chi connectivity index (χ3v) is 6.75. The highest BCUT2D eigenvalue weighted by molar-refractivity contribution is 6.17. The highest BCUT2D eigenvalue weighted by atomic mass is 16.1. The van der Waals surface area contributed by atoms with Gasteiger partial charge in [0, 0.05) is 17.0 Å². The Morgan fingerprint density at radius 3 is 2.16 bits per heavy atom. The minimum Gasteiger partial charge on any atom is -0.294 e. The predicted molar refractivity (Wildman–Crippen MR) is 97.7 cm³/mol. The molecule has 4 aliphatic carbocycles. The van der Waals surface area contributed by atoms with E-state index in [0.717, 1.165) is 32.1 Å². The van der Waals surface area contributed by atoms with E-state index in [-0.39, 0.29) is 23.4 Å². The summed E-state index contributed by atoms with van der Waals surface area (Å²) in [6.07, 6.45) is 10.3. The standard InChI is InChI=1S/C23H24O2/c24-22-17-10-4-5-11-18(17)23(25)21-19(22)13-15-9-6-12-16(15)20(21)14-7-2-1-3-8-14/h4-5,10-11,19,21H,1-3,6-9,12-13H2/t19-,21-/m0/s1. The third-order valence-electron chi connectivity index (χ3n) is 6.75. The van der Waals surface area contributed by atoms with E-state index in [1.165, 1.54) is 48.0 Å². The van der Waals surface area contributed by atoms with Gasteiger partial charge in [-0.15, -0.1) is 0 Å². The highest BCUT2D eigenvalue weighted by Crippen LogP contribution is 2.52. The Morgan fingerprint density at radius 1 is 0.720 bits per heavy atom. The van der Waals surface area contributed by atoms with Gasteiger partial charge in [0.1, 0.15) is 0 Å². The van der Waals surface area contributed by atoms with E-state index < -0.39 is 0 Å². The second-order valence-corrected chi connectivity index (χ2v) is 8.08. The first-order valence-electron chi connectivity index (χ1n) is 9.86. The van der Waals surface area contributed by atoms with Crippen LogP contribution in [-0.4, -0.2) is 11.6 Å². The number of allylic oxidation sites excluding steroid dienone is 4. The van der Waals surface area contributed by atoms with E-state index in [9.17, 15) is 9.59 Å². The summed E-state index contributed by atoms with van der Waals surface area (Å²) in [5.41, 5.74) is 7.08. The van der Waals surface area contributed by atoms with Gasteiger partial charge < -0.3 is 0 Å². The normalized spacial score (nSPS) is 28.8. The van der Waals surface area contributed by atoms with Gasteiger partial charge in [-0.1, -0.05) is 41.8 Å². The van der Waals surface area contributed by atoms with Crippen LogP contribution in [0.4, 0.5) is 0 Å². The molecule has 2 heteroatoms. The zero-order valence-electron chi connectivity index (χ0n) is 14.6. The highest BCUT2D eigenvalue weighted by Gasteiger charge is 2.48. The van der Waals surface area contributed by atoms with Crippen LogP contribution < -0.4 is 0 Å². The summed E-state index contributed by atoms with van der Waals surface area (Å²) < 4.78 is 0. The first-order chi connectivity index (χ1) is 12.3. The fraction of sp³-hybridized carbons (Fsp3) is 0.478. The molecule has 2 atom stereocenters. The Labute approximate surface area is 149 Å². The fourth-order valence-corrected chi connectivity index (χ4v) is 5.65. The molecule has 1 aromatic carbocycles. The SMILES string of the molecule is O=C1c2ccccc2C(=O)[C@H]2CC3=C(CCC3)C(=C3CCCCC3)[C@@H]12. The Kier molecular flexibility index (Phi) is 3.55. The van der Waals surface area contributed by atoms with Crippen LogP contribution in [0.15, 0.2) is 46.6 Å². The van der Waals surface area contributed by atoms with Crippen molar-refractivity contribution in [2.24, 2.45) is 11.8 Å². The van der Waals surface area contributed by atoms with E-state index in [4.69, 9.17) is 0 Å². The Bertz CT molecular complexity index is 831. The molecule has 128 valence electrons. The van der Waals surface area contributed by atoms with Crippen LogP contribution in [0.2, 0.25) is 0 Å². The summed E-state index contributed by atoms with van der Waals surface area (Å²) in [6.45, 7) is 0. The van der Waals surface area contributed by atoms with Crippen LogP contribution in [0, 0.1) is 11.8 Å². The molecule has 25 heavy (non-hydrogen) atoms. The zero-order chi connectivity index (χ0) is 17.0. The number of carbonyl (C=O) groups excluding carboxylic acids is 2. The Hall–Kier alpha value is -1.96. The van der Waals surface area contributed by atoms with Crippen LogP contribution >= 0.6 is 0 Å². The van der Waals surface area contributed by atoms with E-state index in [1.807, 2.05) is 24.3 Å². The lowest BCUT2D eigenvalue weighted by molar-refractivity contribution is 0.0755. The van der Waals surface area contributed by atoms with Crippen molar-refractivity contribution in [3.05, 3.63) is 57.7 Å². The molecule has 1 fully saturated rings. The molecule has 0 unspecified atom stereocenters. The van der Waals surface area contributed by atoms with Crippen LogP contribution in [-0.2, 0) is 0 Å². The van der Waals surface area contributed by atoms with Crippen LogP contribution in [0.1, 0.15) is 78.5 Å². The van der Waals surface area contributed by atoms with Crippen LogP contribution in [0.3, 0.4) is 0 Å². The van der Waals surface area contributed by atoms with Gasteiger partial charge in [-0.05, 0) is 62.5 Å². The molecular formula is C23H24O2. The van der Waals surface area contributed by atoms with Crippen molar-refractivity contribution in [2.75, 3.05) is 0 Å². The third kappa shape index (κ3) is 2.23. The molecule has 1 aromatic rings. The predicted octanol–water partition coefficient (Wildman–Crippen LogP) is 5.44. The topological polar surface area (TPSA) is 34.1 Å². The monoisotopic (exact) mass is 332 g/mol. The first kappa shape index (κ1) is 15.3. The number of hydrogen-bond acceptors (Lipinski definition) is 2. The Morgan fingerprint density at radius 2 is 1.40 bits per heavy atom. The quantitative estimate of drug-likeness (QED) is 0.633. The van der Waals surface area contributed by atoms with E-state index >= 15 is 0 Å². The molecule has 5 rings (SSSR count). The number of benzene rings is 1. The van der Waals surface area contributed by atoms with Gasteiger partial charge in [0.25, 0.3) is 0 Å². The van der Waals surface area contributed by atoms with Crippen molar-refractivity contribution in [1.29, 1.82) is 0 Å². The molecule has 2 nitrogen and oxygen atoms in total. The number of Topliss-reactive ketones (excluding diaryl/α,β-unsaturated/α-hetero) is 2. The lowest BCUT2D eigenvalue weighted by Gasteiger charge is -2.39. The summed E-state index contributed by atoms with van der Waals surface area (Å²) in [5.74, 6) is 0.0512. The minimum atomic E-state index is -0.202. The summed E-state index contributed by atoms with van der Waals surface area (Å²) in [4.78, 5) is 26.6. The van der Waals surface area contributed by atoms with E-state index in [0.29, 0.717) is 11.1 Å². The van der Waals surface area contributed by atoms with Crippen LogP contribution in [0.25, 0.3) is 0 Å². The average molecular weight is 332 g/mol. The van der Waals surface area contributed by atoms with E-state index in [2.05, 4.69) is 0 Å². The maximum atomic E-state index is 13.4. The molecule has 0 amide bonds. The summed E-state index contributed by atoms with van der Waals surface area (Å²) in [5, 5.41) is 0. The summed E-state index contributed by atoms with van der Waals surface area (Å²) in [6, 6.07) is 7.47. The second kappa shape index (κ2) is 5.79. The summed E-state index contributed by atoms with van der Waals surface area (Å²) in [7, 11) is 0. The first-order valence-corrected chi connectivity index (χ1v) is 9.86. The number of hydrogen-bond donors (Lipinski definition) is 0. The molecular weight excluding hydrogens is 308 g/mol. The van der Waals surface area contributed by atoms with Crippen molar-refractivity contribution in [3.8, 4) is 0 Å². The maximum absolute atomic E-state index is 13.4. The van der Waals surface area contributed by atoms with Gasteiger partial charge in [-0.25, -0.2) is 0 Å². The molecule has 0 radical (unpaired) electrons. The maximum Gasteiger partial charge on any atom is 0.171 e. The van der Waals surface area contributed by atoms with Gasteiger partial charge >= 0.3 is 0 Å². The lowest BCUT2D eigenvalue weighted by atomic mass is 9.62. The molecule has 0 aromatic heterocycles. The Balaban J connectivity index is 1.71.